The van der Waals surface area contributed by atoms with Crippen molar-refractivity contribution in [1.29, 1.82) is 0 Å². The smallest absolute Gasteiger partial charge is 0.417 e. The zero-order valence-electron chi connectivity index (χ0n) is 17.9. The molecule has 1 fully saturated rings. The van der Waals surface area contributed by atoms with Crippen LogP contribution in [-0.4, -0.2) is 36.2 Å². The summed E-state index contributed by atoms with van der Waals surface area (Å²) in [6.45, 7) is 7.63. The summed E-state index contributed by atoms with van der Waals surface area (Å²) in [5.74, 6) is -0.118. The molecule has 2 aromatic carbocycles. The summed E-state index contributed by atoms with van der Waals surface area (Å²) < 4.78 is 5.68. The maximum Gasteiger partial charge on any atom is 0.417 e. The molecule has 4 nitrogen and oxygen atoms in total. The van der Waals surface area contributed by atoms with Crippen molar-refractivity contribution < 1.29 is 14.3 Å². The minimum Gasteiger partial charge on any atom is -0.443 e. The number of rotatable bonds is 4. The molecule has 0 unspecified atom stereocenters. The highest BCUT2D eigenvalue weighted by Gasteiger charge is 2.53. The predicted molar refractivity (Wildman–Crippen MR) is 119 cm³/mol. The van der Waals surface area contributed by atoms with Crippen LogP contribution in [0.1, 0.15) is 47.0 Å². The van der Waals surface area contributed by atoms with Gasteiger partial charge in [-0.05, 0) is 33.2 Å². The van der Waals surface area contributed by atoms with E-state index < -0.39 is 19.8 Å². The maximum absolute atomic E-state index is 13.2. The molecule has 1 aliphatic heterocycles. The first-order valence-corrected chi connectivity index (χ1v) is 12.7. The third-order valence-electron chi connectivity index (χ3n) is 5.61. The largest absolute Gasteiger partial charge is 0.443 e. The second kappa shape index (κ2) is 8.53. The lowest BCUT2D eigenvalue weighted by molar-refractivity contribution is -0.131. The standard InChI is InChI=1S/C24H31NO3Si/c1-5-12-22-25(23(27)28-24(2,3)4)21(26)17-18-29(22,19-13-8-6-9-14-19)20-15-10-7-11-16-20/h6-11,13-16,22H,5,12,17-18H2,1-4H3/t22-/m1/s1. The predicted octanol–water partition coefficient (Wildman–Crippen LogP) is 4.12. The van der Waals surface area contributed by atoms with E-state index in [1.165, 1.54) is 15.3 Å². The Morgan fingerprint density at radius 3 is 2.00 bits per heavy atom. The van der Waals surface area contributed by atoms with Crippen LogP contribution in [0.25, 0.3) is 0 Å². The lowest BCUT2D eigenvalue weighted by atomic mass is 10.2. The van der Waals surface area contributed by atoms with Crippen LogP contribution in [0, 0.1) is 0 Å². The van der Waals surface area contributed by atoms with E-state index in [0.717, 1.165) is 18.9 Å². The first-order valence-electron chi connectivity index (χ1n) is 10.5. The molecule has 0 bridgehead atoms. The van der Waals surface area contributed by atoms with Gasteiger partial charge in [0.05, 0.1) is 0 Å². The van der Waals surface area contributed by atoms with Gasteiger partial charge in [0.15, 0.2) is 0 Å². The Morgan fingerprint density at radius 1 is 1.03 bits per heavy atom. The van der Waals surface area contributed by atoms with E-state index in [9.17, 15) is 9.59 Å². The van der Waals surface area contributed by atoms with Crippen molar-refractivity contribution >= 4 is 30.4 Å². The van der Waals surface area contributed by atoms with Gasteiger partial charge in [0.1, 0.15) is 13.7 Å². The van der Waals surface area contributed by atoms with Crippen LogP contribution >= 0.6 is 0 Å². The molecular formula is C24H31NO3Si. The molecule has 29 heavy (non-hydrogen) atoms. The van der Waals surface area contributed by atoms with Crippen LogP contribution in [0.3, 0.4) is 0 Å². The average Bonchev–Trinajstić information content (AvgIpc) is 2.69. The number of ether oxygens (including phenoxy) is 1. The Hall–Kier alpha value is -2.40. The number of nitrogens with zero attached hydrogens (tertiary/aromatic N) is 1. The van der Waals surface area contributed by atoms with E-state index in [2.05, 4.69) is 55.5 Å². The van der Waals surface area contributed by atoms with Crippen molar-refractivity contribution in [3.05, 3.63) is 60.7 Å². The zero-order chi connectivity index (χ0) is 21.1. The Balaban J connectivity index is 2.18. The van der Waals surface area contributed by atoms with Gasteiger partial charge >= 0.3 is 6.09 Å². The Labute approximate surface area is 174 Å². The highest BCUT2D eigenvalue weighted by molar-refractivity contribution is 7.04. The fourth-order valence-corrected chi connectivity index (χ4v) is 10.2. The van der Waals surface area contributed by atoms with Gasteiger partial charge in [-0.3, -0.25) is 4.79 Å². The van der Waals surface area contributed by atoms with Crippen LogP contribution in [-0.2, 0) is 9.53 Å². The number of benzene rings is 2. The molecule has 1 atom stereocenters. The maximum atomic E-state index is 13.2. The van der Waals surface area contributed by atoms with Crippen LogP contribution in [0.2, 0.25) is 6.04 Å². The van der Waals surface area contributed by atoms with Gasteiger partial charge in [0, 0.05) is 12.1 Å². The first kappa shape index (κ1) is 21.3. The van der Waals surface area contributed by atoms with Crippen molar-refractivity contribution in [3.8, 4) is 0 Å². The molecule has 2 amide bonds. The molecule has 0 N–H and O–H groups in total. The molecular weight excluding hydrogens is 378 g/mol. The minimum absolute atomic E-state index is 0.118. The van der Waals surface area contributed by atoms with Gasteiger partial charge in [-0.15, -0.1) is 0 Å². The third-order valence-corrected chi connectivity index (χ3v) is 11.1. The van der Waals surface area contributed by atoms with Crippen LogP contribution in [0.5, 0.6) is 0 Å². The Morgan fingerprint density at radius 2 is 1.55 bits per heavy atom. The van der Waals surface area contributed by atoms with Crippen LogP contribution in [0.15, 0.2) is 60.7 Å². The third kappa shape index (κ3) is 4.30. The fraction of sp³-hybridized carbons (Fsp3) is 0.417. The van der Waals surface area contributed by atoms with Gasteiger partial charge < -0.3 is 4.74 Å². The van der Waals surface area contributed by atoms with Gasteiger partial charge in [-0.25, -0.2) is 9.69 Å². The summed E-state index contributed by atoms with van der Waals surface area (Å²) in [5.41, 5.74) is -0.802. The topological polar surface area (TPSA) is 46.6 Å². The van der Waals surface area contributed by atoms with E-state index in [-0.39, 0.29) is 11.6 Å². The summed E-state index contributed by atoms with van der Waals surface area (Å²) in [5, 5.41) is 2.54. The van der Waals surface area contributed by atoms with Gasteiger partial charge in [0.2, 0.25) is 5.91 Å². The monoisotopic (exact) mass is 409 g/mol. The average molecular weight is 410 g/mol. The molecule has 0 spiro atoms. The van der Waals surface area contributed by atoms with E-state index in [1.807, 2.05) is 32.9 Å². The summed E-state index contributed by atoms with van der Waals surface area (Å²) in [4.78, 5) is 27.6. The Bertz CT molecular complexity index is 806. The van der Waals surface area contributed by atoms with Crippen molar-refractivity contribution in [2.45, 2.75) is 64.3 Å². The van der Waals surface area contributed by atoms with E-state index in [1.54, 1.807) is 0 Å². The highest BCUT2D eigenvalue weighted by Crippen LogP contribution is 2.32. The lowest BCUT2D eigenvalue weighted by Gasteiger charge is -2.48. The molecule has 3 rings (SSSR count). The van der Waals surface area contributed by atoms with Crippen molar-refractivity contribution in [2.24, 2.45) is 0 Å². The van der Waals surface area contributed by atoms with Crippen molar-refractivity contribution in [2.75, 3.05) is 0 Å². The molecule has 0 aromatic heterocycles. The van der Waals surface area contributed by atoms with Gasteiger partial charge in [0.25, 0.3) is 0 Å². The normalized spacial score (nSPS) is 19.1. The number of hydrogen-bond acceptors (Lipinski definition) is 3. The molecule has 0 radical (unpaired) electrons. The zero-order valence-corrected chi connectivity index (χ0v) is 18.9. The van der Waals surface area contributed by atoms with Crippen LogP contribution in [0.4, 0.5) is 4.79 Å². The summed E-state index contributed by atoms with van der Waals surface area (Å²) >= 11 is 0. The second-order valence-electron chi connectivity index (χ2n) is 8.75. The molecule has 1 heterocycles. The molecule has 154 valence electrons. The number of amides is 2. The van der Waals surface area contributed by atoms with Crippen molar-refractivity contribution in [1.82, 2.24) is 4.90 Å². The molecule has 5 heteroatoms. The first-order chi connectivity index (χ1) is 13.8. The summed E-state index contributed by atoms with van der Waals surface area (Å²) in [7, 11) is -2.42. The molecule has 0 aliphatic carbocycles. The van der Waals surface area contributed by atoms with Crippen LogP contribution < -0.4 is 10.4 Å². The number of hydrogen-bond donors (Lipinski definition) is 0. The Kier molecular flexibility index (Phi) is 6.27. The summed E-state index contributed by atoms with van der Waals surface area (Å²) in [6, 6.07) is 21.8. The number of imide groups is 1. The fourth-order valence-electron chi connectivity index (χ4n) is 4.49. The quantitative estimate of drug-likeness (QED) is 0.714. The molecule has 1 saturated heterocycles. The minimum atomic E-state index is -2.42. The molecule has 1 aliphatic rings. The SMILES string of the molecule is CCC[C@@H]1N(C(=O)OC(C)(C)C)C(=O)CC[Si]1(c1ccccc1)c1ccccc1. The van der Waals surface area contributed by atoms with Gasteiger partial charge in [-0.2, -0.15) is 0 Å². The lowest BCUT2D eigenvalue weighted by Crippen LogP contribution is -2.75. The van der Waals surface area contributed by atoms with Crippen molar-refractivity contribution in [3.63, 3.8) is 0 Å². The molecule has 0 saturated carbocycles. The second-order valence-corrected chi connectivity index (χ2v) is 13.0. The number of carbonyl (C=O) groups excluding carboxylic acids is 2. The van der Waals surface area contributed by atoms with E-state index in [0.29, 0.717) is 6.42 Å². The number of carbonyl (C=O) groups is 2. The van der Waals surface area contributed by atoms with E-state index >= 15 is 0 Å². The highest BCUT2D eigenvalue weighted by atomic mass is 28.3. The summed E-state index contributed by atoms with van der Waals surface area (Å²) in [6.07, 6.45) is 1.53. The molecule has 2 aromatic rings. The van der Waals surface area contributed by atoms with Gasteiger partial charge in [-0.1, -0.05) is 84.4 Å². The van der Waals surface area contributed by atoms with E-state index in [4.69, 9.17) is 4.74 Å².